The van der Waals surface area contributed by atoms with Crippen LogP contribution in [-0.4, -0.2) is 21.0 Å². The number of rotatable bonds is 4. The molecule has 1 aliphatic rings. The van der Waals surface area contributed by atoms with Crippen molar-refractivity contribution in [2.75, 3.05) is 0 Å². The molecule has 1 heterocycles. The van der Waals surface area contributed by atoms with Gasteiger partial charge in [-0.1, -0.05) is 22.9 Å². The average molecular weight is 263 g/mol. The number of nitrogens with one attached hydrogen (secondary N) is 1. The lowest BCUT2D eigenvalue weighted by atomic mass is 10.2. The van der Waals surface area contributed by atoms with Crippen molar-refractivity contribution in [3.8, 4) is 5.69 Å². The Hall–Kier alpha value is -1.39. The predicted octanol–water partition coefficient (Wildman–Crippen LogP) is 2.48. The van der Waals surface area contributed by atoms with Gasteiger partial charge in [0, 0.05) is 17.6 Å². The largest absolute Gasteiger partial charge is 0.308 e. The number of benzene rings is 1. The van der Waals surface area contributed by atoms with Gasteiger partial charge in [0.05, 0.1) is 17.6 Å². The number of hydrogen-bond donors (Lipinski definition) is 1. The van der Waals surface area contributed by atoms with Crippen LogP contribution in [0.3, 0.4) is 0 Å². The van der Waals surface area contributed by atoms with E-state index in [-0.39, 0.29) is 0 Å². The van der Waals surface area contributed by atoms with Crippen molar-refractivity contribution in [3.63, 3.8) is 0 Å². The minimum atomic E-state index is 0.675. The van der Waals surface area contributed by atoms with E-state index in [2.05, 4.69) is 15.6 Å². The van der Waals surface area contributed by atoms with Gasteiger partial charge < -0.3 is 5.32 Å². The van der Waals surface area contributed by atoms with Crippen LogP contribution in [0.15, 0.2) is 24.4 Å². The molecule has 4 nitrogen and oxygen atoms in total. The first-order valence-electron chi connectivity index (χ1n) is 6.13. The van der Waals surface area contributed by atoms with Crippen molar-refractivity contribution in [1.29, 1.82) is 0 Å². The normalized spacial score (nSPS) is 15.0. The molecule has 0 bridgehead atoms. The number of aryl methyl sites for hydroxylation is 1. The first-order chi connectivity index (χ1) is 8.74. The molecule has 18 heavy (non-hydrogen) atoms. The molecular formula is C13H15ClN4. The topological polar surface area (TPSA) is 42.7 Å². The van der Waals surface area contributed by atoms with Crippen LogP contribution in [0.5, 0.6) is 0 Å². The Balaban J connectivity index is 1.90. The Morgan fingerprint density at radius 1 is 1.44 bits per heavy atom. The highest BCUT2D eigenvalue weighted by Crippen LogP contribution is 2.22. The zero-order valence-electron chi connectivity index (χ0n) is 10.2. The van der Waals surface area contributed by atoms with Crippen molar-refractivity contribution < 1.29 is 0 Å². The van der Waals surface area contributed by atoms with Crippen LogP contribution in [0.4, 0.5) is 0 Å². The van der Waals surface area contributed by atoms with Gasteiger partial charge in [-0.3, -0.25) is 0 Å². The van der Waals surface area contributed by atoms with Crippen molar-refractivity contribution in [2.45, 2.75) is 32.4 Å². The monoisotopic (exact) mass is 262 g/mol. The second-order valence-corrected chi connectivity index (χ2v) is 5.16. The highest BCUT2D eigenvalue weighted by Gasteiger charge is 2.21. The molecular weight excluding hydrogens is 248 g/mol. The lowest BCUT2D eigenvalue weighted by molar-refractivity contribution is 0.646. The summed E-state index contributed by atoms with van der Waals surface area (Å²) in [6, 6.07) is 6.48. The van der Waals surface area contributed by atoms with Gasteiger partial charge >= 0.3 is 0 Å². The minimum absolute atomic E-state index is 0.675. The molecule has 1 saturated carbocycles. The highest BCUT2D eigenvalue weighted by atomic mass is 35.5. The van der Waals surface area contributed by atoms with Gasteiger partial charge in [0.1, 0.15) is 0 Å². The van der Waals surface area contributed by atoms with Crippen molar-refractivity contribution >= 4 is 11.6 Å². The molecule has 3 rings (SSSR count). The molecule has 5 heteroatoms. The standard InChI is InChI=1S/C13H15ClN4/c1-9-2-3-10(14)6-13(9)18-12(8-16-17-18)7-15-11-4-5-11/h2-3,6,8,11,15H,4-5,7H2,1H3. The van der Waals surface area contributed by atoms with Gasteiger partial charge in [-0.25, -0.2) is 4.68 Å². The second kappa shape index (κ2) is 4.71. The number of hydrogen-bond acceptors (Lipinski definition) is 3. The third-order valence-electron chi connectivity index (χ3n) is 3.17. The Kier molecular flexibility index (Phi) is 3.06. The maximum Gasteiger partial charge on any atom is 0.0783 e. The van der Waals surface area contributed by atoms with Gasteiger partial charge in [0.25, 0.3) is 0 Å². The van der Waals surface area contributed by atoms with Crippen LogP contribution in [0.1, 0.15) is 24.1 Å². The highest BCUT2D eigenvalue weighted by molar-refractivity contribution is 6.30. The van der Waals surface area contributed by atoms with Gasteiger partial charge in [0.15, 0.2) is 0 Å². The zero-order chi connectivity index (χ0) is 12.5. The maximum atomic E-state index is 6.05. The maximum absolute atomic E-state index is 6.05. The van der Waals surface area contributed by atoms with Crippen molar-refractivity contribution in [1.82, 2.24) is 20.3 Å². The van der Waals surface area contributed by atoms with Crippen LogP contribution < -0.4 is 5.32 Å². The Morgan fingerprint density at radius 2 is 2.28 bits per heavy atom. The lowest BCUT2D eigenvalue weighted by Crippen LogP contribution is -2.18. The van der Waals surface area contributed by atoms with E-state index in [1.807, 2.05) is 29.8 Å². The molecule has 0 spiro atoms. The van der Waals surface area contributed by atoms with E-state index in [1.54, 1.807) is 6.20 Å². The van der Waals surface area contributed by atoms with Gasteiger partial charge in [-0.15, -0.1) is 5.10 Å². The summed E-state index contributed by atoms with van der Waals surface area (Å²) in [7, 11) is 0. The summed E-state index contributed by atoms with van der Waals surface area (Å²) < 4.78 is 1.86. The fourth-order valence-corrected chi connectivity index (χ4v) is 2.09. The van der Waals surface area contributed by atoms with E-state index in [9.17, 15) is 0 Å². The summed E-state index contributed by atoms with van der Waals surface area (Å²) in [5.74, 6) is 0. The van der Waals surface area contributed by atoms with Gasteiger partial charge in [-0.2, -0.15) is 0 Å². The molecule has 0 radical (unpaired) electrons. The molecule has 0 aliphatic heterocycles. The quantitative estimate of drug-likeness (QED) is 0.921. The molecule has 94 valence electrons. The SMILES string of the molecule is Cc1ccc(Cl)cc1-n1nncc1CNC1CC1. The molecule has 0 saturated heterocycles. The van der Waals surface area contributed by atoms with Crippen LogP contribution in [-0.2, 0) is 6.54 Å². The Labute approximate surface area is 111 Å². The van der Waals surface area contributed by atoms with E-state index in [0.29, 0.717) is 11.1 Å². The fourth-order valence-electron chi connectivity index (χ4n) is 1.93. The van der Waals surface area contributed by atoms with E-state index in [0.717, 1.165) is 23.5 Å². The second-order valence-electron chi connectivity index (χ2n) is 4.72. The molecule has 0 atom stereocenters. The summed E-state index contributed by atoms with van der Waals surface area (Å²) in [5, 5.41) is 12.3. The predicted molar refractivity (Wildman–Crippen MR) is 71.0 cm³/mol. The molecule has 1 aliphatic carbocycles. The molecule has 0 amide bonds. The number of nitrogens with zero attached hydrogens (tertiary/aromatic N) is 3. The molecule has 1 fully saturated rings. The molecule has 1 aromatic carbocycles. The Morgan fingerprint density at radius 3 is 3.06 bits per heavy atom. The summed E-state index contributed by atoms with van der Waals surface area (Å²) in [5.41, 5.74) is 3.19. The first kappa shape index (κ1) is 11.7. The minimum Gasteiger partial charge on any atom is -0.308 e. The number of halogens is 1. The van der Waals surface area contributed by atoms with Crippen molar-refractivity contribution in [3.05, 3.63) is 40.7 Å². The molecule has 0 unspecified atom stereocenters. The first-order valence-corrected chi connectivity index (χ1v) is 6.51. The smallest absolute Gasteiger partial charge is 0.0783 e. The van der Waals surface area contributed by atoms with Gasteiger partial charge in [0.2, 0.25) is 0 Å². The zero-order valence-corrected chi connectivity index (χ0v) is 11.0. The third-order valence-corrected chi connectivity index (χ3v) is 3.40. The van der Waals surface area contributed by atoms with E-state index < -0.39 is 0 Å². The molecule has 2 aromatic rings. The van der Waals surface area contributed by atoms with Gasteiger partial charge in [-0.05, 0) is 37.5 Å². The van der Waals surface area contributed by atoms with E-state index >= 15 is 0 Å². The molecule has 1 N–H and O–H groups in total. The Bertz CT molecular complexity index is 560. The van der Waals surface area contributed by atoms with Crippen LogP contribution >= 0.6 is 11.6 Å². The summed E-state index contributed by atoms with van der Waals surface area (Å²) >= 11 is 6.05. The van der Waals surface area contributed by atoms with Crippen LogP contribution in [0.25, 0.3) is 5.69 Å². The average Bonchev–Trinajstić information content (AvgIpc) is 3.08. The lowest BCUT2D eigenvalue weighted by Gasteiger charge is -2.10. The van der Waals surface area contributed by atoms with Crippen LogP contribution in [0.2, 0.25) is 5.02 Å². The number of aromatic nitrogens is 3. The third kappa shape index (κ3) is 2.40. The molecule has 1 aromatic heterocycles. The van der Waals surface area contributed by atoms with E-state index in [1.165, 1.54) is 12.8 Å². The summed E-state index contributed by atoms with van der Waals surface area (Å²) in [6.45, 7) is 2.84. The fraction of sp³-hybridized carbons (Fsp3) is 0.385. The summed E-state index contributed by atoms with van der Waals surface area (Å²) in [6.07, 6.45) is 4.35. The van der Waals surface area contributed by atoms with E-state index in [4.69, 9.17) is 11.6 Å². The van der Waals surface area contributed by atoms with Crippen molar-refractivity contribution in [2.24, 2.45) is 0 Å². The summed E-state index contributed by atoms with van der Waals surface area (Å²) in [4.78, 5) is 0. The van der Waals surface area contributed by atoms with Crippen LogP contribution in [0, 0.1) is 6.92 Å².